The topological polar surface area (TPSA) is 12.0 Å². The van der Waals surface area contributed by atoms with E-state index in [0.29, 0.717) is 12.0 Å². The lowest BCUT2D eigenvalue weighted by atomic mass is 9.97. The third-order valence-electron chi connectivity index (χ3n) is 2.84. The van der Waals surface area contributed by atoms with E-state index >= 15 is 0 Å². The zero-order chi connectivity index (χ0) is 11.4. The normalized spacial score (nSPS) is 15.3. The fourth-order valence-electron chi connectivity index (χ4n) is 1.67. The molecule has 1 rings (SSSR count). The van der Waals surface area contributed by atoms with Crippen LogP contribution in [0.1, 0.15) is 43.7 Å². The molecule has 0 fully saturated rings. The largest absolute Gasteiger partial charge is 0.309 e. The van der Waals surface area contributed by atoms with E-state index in [1.54, 1.807) is 11.3 Å². The minimum absolute atomic E-state index is 0.409. The lowest BCUT2D eigenvalue weighted by Gasteiger charge is -2.23. The van der Waals surface area contributed by atoms with E-state index < -0.39 is 0 Å². The van der Waals surface area contributed by atoms with Crippen LogP contribution in [0.25, 0.3) is 0 Å². The number of hydrogen-bond acceptors (Lipinski definition) is 2. The van der Waals surface area contributed by atoms with Crippen molar-refractivity contribution < 1.29 is 0 Å². The average Bonchev–Trinajstić information content (AvgIpc) is 2.56. The average molecular weight is 246 g/mol. The molecule has 0 aliphatic rings. The predicted molar refractivity (Wildman–Crippen MR) is 69.9 cm³/mol. The molecule has 2 unspecified atom stereocenters. The molecule has 86 valence electrons. The molecule has 0 spiro atoms. The van der Waals surface area contributed by atoms with Crippen LogP contribution in [0.5, 0.6) is 0 Å². The van der Waals surface area contributed by atoms with Crippen molar-refractivity contribution in [3.8, 4) is 0 Å². The molecule has 1 aromatic rings. The summed E-state index contributed by atoms with van der Waals surface area (Å²) in [7, 11) is 0. The molecular formula is C12H20ClNS. The first-order valence-corrected chi connectivity index (χ1v) is 6.84. The number of halogens is 1. The van der Waals surface area contributed by atoms with Gasteiger partial charge in [-0.1, -0.05) is 38.8 Å². The lowest BCUT2D eigenvalue weighted by Crippen LogP contribution is -2.26. The molecule has 0 saturated carbocycles. The summed E-state index contributed by atoms with van der Waals surface area (Å²) < 4.78 is 0. The molecule has 0 aromatic carbocycles. The molecule has 0 radical (unpaired) electrons. The summed E-state index contributed by atoms with van der Waals surface area (Å²) in [5, 5.41) is 6.62. The molecule has 0 aliphatic carbocycles. The van der Waals surface area contributed by atoms with Crippen LogP contribution in [0, 0.1) is 12.8 Å². The number of thiophene rings is 1. The van der Waals surface area contributed by atoms with Crippen molar-refractivity contribution in [1.29, 1.82) is 0 Å². The van der Waals surface area contributed by atoms with E-state index in [1.807, 2.05) is 0 Å². The van der Waals surface area contributed by atoms with Crippen molar-refractivity contribution in [3.63, 3.8) is 0 Å². The minimum Gasteiger partial charge on any atom is -0.309 e. The molecule has 0 amide bonds. The van der Waals surface area contributed by atoms with Gasteiger partial charge in [-0.15, -0.1) is 11.3 Å². The summed E-state index contributed by atoms with van der Waals surface area (Å²) in [6.45, 7) is 9.70. The van der Waals surface area contributed by atoms with Crippen molar-refractivity contribution in [3.05, 3.63) is 20.8 Å². The van der Waals surface area contributed by atoms with Gasteiger partial charge in [-0.25, -0.2) is 0 Å². The smallest absolute Gasteiger partial charge is 0.0590 e. The maximum Gasteiger partial charge on any atom is 0.0590 e. The van der Waals surface area contributed by atoms with E-state index in [9.17, 15) is 0 Å². The number of rotatable bonds is 5. The van der Waals surface area contributed by atoms with Gasteiger partial charge in [0.2, 0.25) is 0 Å². The summed E-state index contributed by atoms with van der Waals surface area (Å²) in [6.07, 6.45) is 1.17. The highest BCUT2D eigenvalue weighted by Gasteiger charge is 2.21. The van der Waals surface area contributed by atoms with Gasteiger partial charge in [-0.05, 0) is 30.3 Å². The first kappa shape index (κ1) is 13.0. The summed E-state index contributed by atoms with van der Waals surface area (Å²) in [4.78, 5) is 1.30. The van der Waals surface area contributed by atoms with E-state index in [2.05, 4.69) is 38.4 Å². The fourth-order valence-corrected chi connectivity index (χ4v) is 3.19. The number of nitrogens with one attached hydrogen (secondary N) is 1. The number of hydrogen-bond donors (Lipinski definition) is 1. The Balaban J connectivity index is 2.93. The third kappa shape index (κ3) is 2.96. The van der Waals surface area contributed by atoms with Crippen LogP contribution in [0.4, 0.5) is 0 Å². The molecule has 0 bridgehead atoms. The van der Waals surface area contributed by atoms with Crippen molar-refractivity contribution in [2.45, 2.75) is 40.2 Å². The lowest BCUT2D eigenvalue weighted by molar-refractivity contribution is 0.389. The van der Waals surface area contributed by atoms with E-state index in [1.165, 1.54) is 16.9 Å². The fraction of sp³-hybridized carbons (Fsp3) is 0.667. The molecule has 0 saturated heterocycles. The first-order valence-electron chi connectivity index (χ1n) is 5.58. The summed E-state index contributed by atoms with van der Waals surface area (Å²) in [5.41, 5.74) is 1.20. The Morgan fingerprint density at radius 2 is 2.13 bits per heavy atom. The highest BCUT2D eigenvalue weighted by atomic mass is 35.5. The van der Waals surface area contributed by atoms with Crippen molar-refractivity contribution in [2.24, 2.45) is 5.92 Å². The standard InChI is InChI=1S/C12H20ClNS/c1-5-8(3)11(14-6-2)12-10(13)9(4)7-15-12/h7-8,11,14H,5-6H2,1-4H3. The van der Waals surface area contributed by atoms with Gasteiger partial charge in [0.05, 0.1) is 5.02 Å². The van der Waals surface area contributed by atoms with Gasteiger partial charge in [-0.2, -0.15) is 0 Å². The van der Waals surface area contributed by atoms with Gasteiger partial charge in [0.1, 0.15) is 0 Å². The summed E-state index contributed by atoms with van der Waals surface area (Å²) >= 11 is 8.08. The van der Waals surface area contributed by atoms with Crippen LogP contribution in [0.3, 0.4) is 0 Å². The van der Waals surface area contributed by atoms with Gasteiger partial charge in [-0.3, -0.25) is 0 Å². The Labute approximate surface area is 102 Å². The van der Waals surface area contributed by atoms with Gasteiger partial charge < -0.3 is 5.32 Å². The van der Waals surface area contributed by atoms with Crippen LogP contribution in [0.2, 0.25) is 5.02 Å². The van der Waals surface area contributed by atoms with Crippen molar-refractivity contribution in [1.82, 2.24) is 5.32 Å². The Morgan fingerprint density at radius 1 is 1.47 bits per heavy atom. The van der Waals surface area contributed by atoms with Gasteiger partial charge in [0, 0.05) is 10.9 Å². The van der Waals surface area contributed by atoms with E-state index in [0.717, 1.165) is 11.6 Å². The van der Waals surface area contributed by atoms with Gasteiger partial charge in [0.25, 0.3) is 0 Å². The highest BCUT2D eigenvalue weighted by Crippen LogP contribution is 2.36. The van der Waals surface area contributed by atoms with E-state index in [-0.39, 0.29) is 0 Å². The molecular weight excluding hydrogens is 226 g/mol. The molecule has 1 N–H and O–H groups in total. The maximum absolute atomic E-state index is 6.31. The van der Waals surface area contributed by atoms with E-state index in [4.69, 9.17) is 11.6 Å². The Hall–Kier alpha value is -0.0500. The summed E-state index contributed by atoms with van der Waals surface area (Å²) in [5.74, 6) is 0.625. The van der Waals surface area contributed by atoms with Gasteiger partial charge in [0.15, 0.2) is 0 Å². The zero-order valence-electron chi connectivity index (χ0n) is 9.93. The Morgan fingerprint density at radius 3 is 2.53 bits per heavy atom. The minimum atomic E-state index is 0.409. The molecule has 15 heavy (non-hydrogen) atoms. The highest BCUT2D eigenvalue weighted by molar-refractivity contribution is 7.10. The Kier molecular flexibility index (Phi) is 5.10. The van der Waals surface area contributed by atoms with Crippen molar-refractivity contribution in [2.75, 3.05) is 6.54 Å². The maximum atomic E-state index is 6.31. The number of aryl methyl sites for hydroxylation is 1. The zero-order valence-corrected chi connectivity index (χ0v) is 11.5. The van der Waals surface area contributed by atoms with Crippen molar-refractivity contribution >= 4 is 22.9 Å². The second-order valence-corrected chi connectivity index (χ2v) is 5.31. The van der Waals surface area contributed by atoms with Crippen LogP contribution in [-0.2, 0) is 0 Å². The quantitative estimate of drug-likeness (QED) is 0.811. The van der Waals surface area contributed by atoms with Crippen LogP contribution in [-0.4, -0.2) is 6.54 Å². The second kappa shape index (κ2) is 5.88. The second-order valence-electron chi connectivity index (χ2n) is 4.02. The molecule has 2 atom stereocenters. The Bertz CT molecular complexity index is 309. The van der Waals surface area contributed by atoms with Gasteiger partial charge >= 0.3 is 0 Å². The third-order valence-corrected chi connectivity index (χ3v) is 4.64. The molecule has 1 aromatic heterocycles. The summed E-state index contributed by atoms with van der Waals surface area (Å²) in [6, 6.07) is 0.409. The molecule has 0 aliphatic heterocycles. The molecule has 1 nitrogen and oxygen atoms in total. The SMILES string of the molecule is CCNC(c1scc(C)c1Cl)C(C)CC. The molecule has 1 heterocycles. The monoisotopic (exact) mass is 245 g/mol. The predicted octanol–water partition coefficient (Wildman–Crippen LogP) is 4.41. The molecule has 3 heteroatoms. The van der Waals surface area contributed by atoms with Crippen LogP contribution >= 0.6 is 22.9 Å². The van der Waals surface area contributed by atoms with Crippen LogP contribution in [0.15, 0.2) is 5.38 Å². The van der Waals surface area contributed by atoms with Crippen LogP contribution < -0.4 is 5.32 Å². The first-order chi connectivity index (χ1) is 7.11.